The van der Waals surface area contributed by atoms with Crippen molar-refractivity contribution in [2.45, 2.75) is 37.6 Å². The van der Waals surface area contributed by atoms with Crippen LogP contribution in [-0.4, -0.2) is 49.8 Å². The summed E-state index contributed by atoms with van der Waals surface area (Å²) < 4.78 is 47.5. The fourth-order valence-electron chi connectivity index (χ4n) is 4.26. The number of carbonyl (C=O) groups is 1. The third-order valence-electron chi connectivity index (χ3n) is 6.36. The minimum Gasteiger partial charge on any atom is -0.491 e. The summed E-state index contributed by atoms with van der Waals surface area (Å²) in [6, 6.07) is 13.3. The highest BCUT2D eigenvalue weighted by molar-refractivity contribution is 7.89. The summed E-state index contributed by atoms with van der Waals surface area (Å²) in [5, 5.41) is 2.43. The number of sulfonamides is 1. The van der Waals surface area contributed by atoms with Crippen LogP contribution >= 0.6 is 22.9 Å². The molecule has 0 unspecified atom stereocenters. The maximum Gasteiger partial charge on any atom is 0.243 e. The van der Waals surface area contributed by atoms with E-state index in [0.717, 1.165) is 5.56 Å². The SMILES string of the molecule is CC(C)CCN(CC(=O)N1CCc2sccc2[C@H]1COc1ccc(F)cc1)S(=O)(=O)c1ccc(Cl)cc1. The van der Waals surface area contributed by atoms with Crippen molar-refractivity contribution in [2.24, 2.45) is 5.92 Å². The fraction of sp³-hybridized carbons (Fsp3) is 0.370. The Kier molecular flexibility index (Phi) is 8.90. The highest BCUT2D eigenvalue weighted by Crippen LogP contribution is 2.34. The van der Waals surface area contributed by atoms with Crippen molar-refractivity contribution >= 4 is 38.9 Å². The van der Waals surface area contributed by atoms with E-state index in [1.54, 1.807) is 28.4 Å². The van der Waals surface area contributed by atoms with Crippen LogP contribution in [0.2, 0.25) is 5.02 Å². The number of thiophene rings is 1. The average molecular weight is 565 g/mol. The van der Waals surface area contributed by atoms with Crippen LogP contribution in [0.5, 0.6) is 5.75 Å². The monoisotopic (exact) mass is 564 g/mol. The van der Waals surface area contributed by atoms with Gasteiger partial charge in [-0.1, -0.05) is 25.4 Å². The molecule has 1 aromatic heterocycles. The molecule has 0 fully saturated rings. The molecule has 1 aliphatic rings. The van der Waals surface area contributed by atoms with E-state index in [-0.39, 0.29) is 48.3 Å². The highest BCUT2D eigenvalue weighted by atomic mass is 35.5. The van der Waals surface area contributed by atoms with Gasteiger partial charge in [-0.3, -0.25) is 4.79 Å². The van der Waals surface area contributed by atoms with E-state index in [2.05, 4.69) is 0 Å². The Morgan fingerprint density at radius 1 is 1.16 bits per heavy atom. The van der Waals surface area contributed by atoms with Crippen molar-refractivity contribution in [1.29, 1.82) is 0 Å². The molecule has 1 aliphatic heterocycles. The molecule has 0 saturated heterocycles. The topological polar surface area (TPSA) is 66.9 Å². The summed E-state index contributed by atoms with van der Waals surface area (Å²) in [4.78, 5) is 16.7. The van der Waals surface area contributed by atoms with Crippen molar-refractivity contribution in [3.63, 3.8) is 0 Å². The smallest absolute Gasteiger partial charge is 0.243 e. The van der Waals surface area contributed by atoms with Gasteiger partial charge in [-0.25, -0.2) is 12.8 Å². The third-order valence-corrected chi connectivity index (χ3v) is 9.46. The van der Waals surface area contributed by atoms with Crippen LogP contribution in [0.15, 0.2) is 64.9 Å². The predicted molar refractivity (Wildman–Crippen MR) is 144 cm³/mol. The van der Waals surface area contributed by atoms with Crippen molar-refractivity contribution < 1.29 is 22.3 Å². The second-order valence-corrected chi connectivity index (χ2v) is 12.8. The maximum atomic E-state index is 13.7. The molecular formula is C27H30ClFN2O4S2. The van der Waals surface area contributed by atoms with E-state index in [1.165, 1.54) is 45.6 Å². The van der Waals surface area contributed by atoms with Crippen molar-refractivity contribution in [3.8, 4) is 5.75 Å². The zero-order valence-electron chi connectivity index (χ0n) is 20.8. The van der Waals surface area contributed by atoms with Crippen LogP contribution in [0.4, 0.5) is 4.39 Å². The van der Waals surface area contributed by atoms with Crippen molar-refractivity contribution in [2.75, 3.05) is 26.2 Å². The number of benzene rings is 2. The van der Waals surface area contributed by atoms with Gasteiger partial charge in [-0.2, -0.15) is 4.31 Å². The first-order valence-corrected chi connectivity index (χ1v) is 14.8. The van der Waals surface area contributed by atoms with Crippen LogP contribution in [0, 0.1) is 11.7 Å². The molecular weight excluding hydrogens is 535 g/mol. The lowest BCUT2D eigenvalue weighted by Gasteiger charge is -2.37. The fourth-order valence-corrected chi connectivity index (χ4v) is 6.72. The molecule has 198 valence electrons. The average Bonchev–Trinajstić information content (AvgIpc) is 3.35. The van der Waals surface area contributed by atoms with E-state index in [4.69, 9.17) is 16.3 Å². The molecule has 4 rings (SSSR count). The standard InChI is InChI=1S/C27H30ClFN2O4S2/c1-19(2)11-14-30(37(33,34)23-9-3-20(28)4-10-23)17-27(32)31-15-12-26-24(13-16-36-26)25(31)18-35-22-7-5-21(29)6-8-22/h3-10,13,16,19,25H,11-12,14-15,17-18H2,1-2H3/t25-/m1/s1. The van der Waals surface area contributed by atoms with Gasteiger partial charge in [0.1, 0.15) is 18.2 Å². The highest BCUT2D eigenvalue weighted by Gasteiger charge is 2.35. The Hall–Kier alpha value is -2.46. The van der Waals surface area contributed by atoms with Gasteiger partial charge in [0, 0.05) is 23.0 Å². The summed E-state index contributed by atoms with van der Waals surface area (Å²) in [6.07, 6.45) is 1.31. The van der Waals surface area contributed by atoms with Gasteiger partial charge in [0.15, 0.2) is 0 Å². The lowest BCUT2D eigenvalue weighted by atomic mass is 10.0. The zero-order valence-corrected chi connectivity index (χ0v) is 23.2. The third kappa shape index (κ3) is 6.71. The van der Waals surface area contributed by atoms with Gasteiger partial charge in [0.25, 0.3) is 0 Å². The molecule has 0 bridgehead atoms. The minimum absolute atomic E-state index is 0.100. The number of fused-ring (bicyclic) bond motifs is 1. The molecule has 0 aliphatic carbocycles. The number of amides is 1. The second-order valence-electron chi connectivity index (χ2n) is 9.39. The van der Waals surface area contributed by atoms with Gasteiger partial charge >= 0.3 is 0 Å². The van der Waals surface area contributed by atoms with Crippen LogP contribution in [0.25, 0.3) is 0 Å². The molecule has 37 heavy (non-hydrogen) atoms. The molecule has 1 amide bonds. The van der Waals surface area contributed by atoms with E-state index in [1.807, 2.05) is 25.3 Å². The van der Waals surface area contributed by atoms with E-state index in [0.29, 0.717) is 30.2 Å². The zero-order chi connectivity index (χ0) is 26.6. The summed E-state index contributed by atoms with van der Waals surface area (Å²) in [6.45, 7) is 4.62. The summed E-state index contributed by atoms with van der Waals surface area (Å²) in [5.74, 6) is 0.120. The van der Waals surface area contributed by atoms with Crippen molar-refractivity contribution in [3.05, 3.63) is 81.3 Å². The van der Waals surface area contributed by atoms with E-state index < -0.39 is 10.0 Å². The second kappa shape index (κ2) is 11.9. The Balaban J connectivity index is 1.56. The molecule has 3 aromatic rings. The number of hydrogen-bond donors (Lipinski definition) is 0. The van der Waals surface area contributed by atoms with E-state index >= 15 is 0 Å². The lowest BCUT2D eigenvalue weighted by Crippen LogP contribution is -2.48. The summed E-state index contributed by atoms with van der Waals surface area (Å²) >= 11 is 7.59. The number of carbonyl (C=O) groups excluding carboxylic acids is 1. The summed E-state index contributed by atoms with van der Waals surface area (Å²) in [5.41, 5.74) is 1.00. The normalized spacial score (nSPS) is 15.7. The minimum atomic E-state index is -3.91. The van der Waals surface area contributed by atoms with Gasteiger partial charge < -0.3 is 9.64 Å². The first kappa shape index (κ1) is 27.6. The van der Waals surface area contributed by atoms with E-state index in [9.17, 15) is 17.6 Å². The first-order chi connectivity index (χ1) is 17.6. The van der Waals surface area contributed by atoms with Crippen LogP contribution in [-0.2, 0) is 21.2 Å². The van der Waals surface area contributed by atoms with Gasteiger partial charge in [-0.05, 0) is 84.3 Å². The van der Waals surface area contributed by atoms with Gasteiger partial charge in [0.2, 0.25) is 15.9 Å². The number of halogens is 2. The number of rotatable bonds is 10. The largest absolute Gasteiger partial charge is 0.491 e. The molecule has 0 spiro atoms. The molecule has 0 radical (unpaired) electrons. The van der Waals surface area contributed by atoms with Gasteiger partial charge in [0.05, 0.1) is 17.5 Å². The maximum absolute atomic E-state index is 13.7. The molecule has 0 saturated carbocycles. The molecule has 2 heterocycles. The quantitative estimate of drug-likeness (QED) is 0.313. The predicted octanol–water partition coefficient (Wildman–Crippen LogP) is 5.78. The Bertz CT molecular complexity index is 1310. The Labute approximate surface area is 226 Å². The van der Waals surface area contributed by atoms with Crippen LogP contribution in [0.1, 0.15) is 36.8 Å². The Morgan fingerprint density at radius 3 is 2.54 bits per heavy atom. The molecule has 10 heteroatoms. The molecule has 2 aromatic carbocycles. The number of hydrogen-bond acceptors (Lipinski definition) is 5. The molecule has 1 atom stereocenters. The van der Waals surface area contributed by atoms with Crippen molar-refractivity contribution in [1.82, 2.24) is 9.21 Å². The lowest BCUT2D eigenvalue weighted by molar-refractivity contribution is -0.135. The Morgan fingerprint density at radius 2 is 1.86 bits per heavy atom. The summed E-state index contributed by atoms with van der Waals surface area (Å²) in [7, 11) is -3.91. The number of ether oxygens (including phenoxy) is 1. The first-order valence-electron chi connectivity index (χ1n) is 12.1. The van der Waals surface area contributed by atoms with Gasteiger partial charge in [-0.15, -0.1) is 11.3 Å². The molecule has 0 N–H and O–H groups in total. The number of nitrogens with zero attached hydrogens (tertiary/aromatic N) is 2. The van der Waals surface area contributed by atoms with Crippen LogP contribution < -0.4 is 4.74 Å². The van der Waals surface area contributed by atoms with Crippen LogP contribution in [0.3, 0.4) is 0 Å². The molecule has 6 nitrogen and oxygen atoms in total.